The molecule has 0 saturated heterocycles. The largest absolute Gasteiger partial charge is 0.361 e. The van der Waals surface area contributed by atoms with Gasteiger partial charge in [-0.25, -0.2) is 0 Å². The zero-order chi connectivity index (χ0) is 17.4. The third kappa shape index (κ3) is 2.39. The van der Waals surface area contributed by atoms with Gasteiger partial charge in [0.2, 0.25) is 0 Å². The van der Waals surface area contributed by atoms with E-state index in [1.54, 1.807) is 24.3 Å². The van der Waals surface area contributed by atoms with Crippen LogP contribution in [0.3, 0.4) is 0 Å². The summed E-state index contributed by atoms with van der Waals surface area (Å²) in [5.74, 6) is -1.23. The van der Waals surface area contributed by atoms with Crippen LogP contribution in [0.2, 0.25) is 0 Å². The predicted molar refractivity (Wildman–Crippen MR) is 82.0 cm³/mol. The Bertz CT molecular complexity index is 928. The Hall–Kier alpha value is -3.56. The number of aromatic nitrogens is 1. The number of nitro groups is 3. The Labute approximate surface area is 133 Å². The zero-order valence-corrected chi connectivity index (χ0v) is 12.0. The third-order valence-electron chi connectivity index (χ3n) is 3.92. The minimum absolute atomic E-state index is 0.355. The molecule has 0 radical (unpaired) electrons. The molecule has 1 heterocycles. The molecule has 122 valence electrons. The van der Waals surface area contributed by atoms with Gasteiger partial charge in [0.15, 0.2) is 0 Å². The fourth-order valence-electron chi connectivity index (χ4n) is 2.89. The van der Waals surface area contributed by atoms with Gasteiger partial charge in [0.25, 0.3) is 17.4 Å². The van der Waals surface area contributed by atoms with Crippen LogP contribution in [0.1, 0.15) is 11.5 Å². The second-order valence-corrected chi connectivity index (χ2v) is 5.22. The van der Waals surface area contributed by atoms with Gasteiger partial charge >= 0.3 is 0 Å². The first-order valence-corrected chi connectivity index (χ1v) is 6.82. The van der Waals surface area contributed by atoms with E-state index in [2.05, 4.69) is 4.98 Å². The number of nitrogens with zero attached hydrogens (tertiary/aromatic N) is 3. The molecule has 0 fully saturated rings. The highest BCUT2D eigenvalue weighted by atomic mass is 16.6. The summed E-state index contributed by atoms with van der Waals surface area (Å²) in [5.41, 5.74) is -0.203. The SMILES string of the molecule is O=[N+]([O-])C1=CC([N+](=O)[O-])C(c2c[nH]c3ccccc23)C([N+](=O)[O-])=C1. The van der Waals surface area contributed by atoms with E-state index in [9.17, 15) is 30.3 Å². The van der Waals surface area contributed by atoms with Crippen molar-refractivity contribution in [2.24, 2.45) is 0 Å². The summed E-state index contributed by atoms with van der Waals surface area (Å²) in [6.45, 7) is 0. The van der Waals surface area contributed by atoms with E-state index in [4.69, 9.17) is 0 Å². The third-order valence-corrected chi connectivity index (χ3v) is 3.92. The quantitative estimate of drug-likeness (QED) is 0.672. The number of nitrogens with one attached hydrogen (secondary N) is 1. The Morgan fingerprint density at radius 3 is 2.33 bits per heavy atom. The number of H-pyrrole nitrogens is 1. The van der Waals surface area contributed by atoms with Crippen molar-refractivity contribution in [2.45, 2.75) is 12.0 Å². The van der Waals surface area contributed by atoms with Gasteiger partial charge in [-0.3, -0.25) is 30.3 Å². The minimum Gasteiger partial charge on any atom is -0.361 e. The molecule has 1 aliphatic carbocycles. The predicted octanol–water partition coefficient (Wildman–Crippen LogP) is 2.23. The van der Waals surface area contributed by atoms with Gasteiger partial charge in [0, 0.05) is 22.0 Å². The summed E-state index contributed by atoms with van der Waals surface area (Å²) in [7, 11) is 0. The van der Waals surface area contributed by atoms with E-state index < -0.39 is 38.1 Å². The topological polar surface area (TPSA) is 145 Å². The number of benzene rings is 1. The maximum absolute atomic E-state index is 11.4. The lowest BCUT2D eigenvalue weighted by molar-refractivity contribution is -0.525. The van der Waals surface area contributed by atoms with Gasteiger partial charge in [-0.1, -0.05) is 18.2 Å². The molecule has 10 nitrogen and oxygen atoms in total. The lowest BCUT2D eigenvalue weighted by Gasteiger charge is -2.18. The van der Waals surface area contributed by atoms with Crippen molar-refractivity contribution < 1.29 is 14.8 Å². The van der Waals surface area contributed by atoms with Crippen LogP contribution in [0.5, 0.6) is 0 Å². The second-order valence-electron chi connectivity index (χ2n) is 5.22. The van der Waals surface area contributed by atoms with Crippen molar-refractivity contribution in [3.8, 4) is 0 Å². The van der Waals surface area contributed by atoms with Crippen molar-refractivity contribution in [3.05, 3.63) is 89.9 Å². The van der Waals surface area contributed by atoms with Crippen molar-refractivity contribution >= 4 is 10.9 Å². The Morgan fingerprint density at radius 1 is 1.00 bits per heavy atom. The van der Waals surface area contributed by atoms with E-state index in [0.717, 1.165) is 12.2 Å². The molecular weight excluding hydrogens is 320 g/mol. The van der Waals surface area contributed by atoms with Crippen LogP contribution >= 0.6 is 0 Å². The Balaban J connectivity index is 2.23. The van der Waals surface area contributed by atoms with E-state index in [-0.39, 0.29) is 0 Å². The number of fused-ring (bicyclic) bond motifs is 1. The van der Waals surface area contributed by atoms with Crippen molar-refractivity contribution in [1.82, 2.24) is 4.98 Å². The second kappa shape index (κ2) is 5.57. The summed E-state index contributed by atoms with van der Waals surface area (Å²) in [6, 6.07) is 5.27. The molecule has 2 unspecified atom stereocenters. The standard InChI is InChI=1S/C14H10N4O6/c19-16(20)8-5-12(17(21)22)14(13(6-8)18(23)24)10-7-15-11-4-2-1-3-9(10)11/h1-7,12,14-15H. The number of rotatable bonds is 4. The normalized spacial score (nSPS) is 20.3. The molecular formula is C14H10N4O6. The van der Waals surface area contributed by atoms with E-state index >= 15 is 0 Å². The van der Waals surface area contributed by atoms with Gasteiger partial charge in [-0.15, -0.1) is 0 Å². The molecule has 0 bridgehead atoms. The van der Waals surface area contributed by atoms with Crippen LogP contribution in [-0.4, -0.2) is 25.8 Å². The molecule has 24 heavy (non-hydrogen) atoms. The zero-order valence-electron chi connectivity index (χ0n) is 12.0. The van der Waals surface area contributed by atoms with Crippen LogP contribution in [-0.2, 0) is 0 Å². The monoisotopic (exact) mass is 330 g/mol. The maximum Gasteiger partial charge on any atom is 0.278 e. The van der Waals surface area contributed by atoms with Crippen LogP contribution < -0.4 is 0 Å². The lowest BCUT2D eigenvalue weighted by Crippen LogP contribution is -2.32. The van der Waals surface area contributed by atoms with Crippen molar-refractivity contribution in [1.29, 1.82) is 0 Å². The maximum atomic E-state index is 11.4. The average molecular weight is 330 g/mol. The lowest BCUT2D eigenvalue weighted by atomic mass is 9.84. The van der Waals surface area contributed by atoms with Crippen molar-refractivity contribution in [3.63, 3.8) is 0 Å². The summed E-state index contributed by atoms with van der Waals surface area (Å²) >= 11 is 0. The summed E-state index contributed by atoms with van der Waals surface area (Å²) in [6.07, 6.45) is 3.10. The number of allylic oxidation sites excluding steroid dienone is 1. The van der Waals surface area contributed by atoms with Crippen molar-refractivity contribution in [2.75, 3.05) is 0 Å². The highest BCUT2D eigenvalue weighted by Gasteiger charge is 2.46. The molecule has 10 heteroatoms. The molecule has 2 aromatic rings. The summed E-state index contributed by atoms with van der Waals surface area (Å²) in [4.78, 5) is 34.2. The molecule has 2 atom stereocenters. The van der Waals surface area contributed by atoms with Gasteiger partial charge in [-0.2, -0.15) is 0 Å². The van der Waals surface area contributed by atoms with Gasteiger partial charge in [0.05, 0.1) is 22.0 Å². The average Bonchev–Trinajstić information content (AvgIpc) is 2.97. The van der Waals surface area contributed by atoms with Crippen LogP contribution in [0, 0.1) is 30.3 Å². The molecule has 1 N–H and O–H groups in total. The first kappa shape index (κ1) is 15.3. The van der Waals surface area contributed by atoms with Crippen LogP contribution in [0.25, 0.3) is 10.9 Å². The van der Waals surface area contributed by atoms with Gasteiger partial charge in [0.1, 0.15) is 5.92 Å². The van der Waals surface area contributed by atoms with Gasteiger partial charge in [-0.05, 0) is 11.6 Å². The highest BCUT2D eigenvalue weighted by Crippen LogP contribution is 2.38. The van der Waals surface area contributed by atoms with E-state index in [1.807, 2.05) is 0 Å². The number of aromatic amines is 1. The molecule has 0 saturated carbocycles. The van der Waals surface area contributed by atoms with Crippen LogP contribution in [0.15, 0.2) is 54.0 Å². The first-order valence-electron chi connectivity index (χ1n) is 6.82. The smallest absolute Gasteiger partial charge is 0.278 e. The Kier molecular flexibility index (Phi) is 3.56. The van der Waals surface area contributed by atoms with E-state index in [0.29, 0.717) is 16.5 Å². The molecule has 1 aromatic heterocycles. The molecule has 3 rings (SSSR count). The number of hydrogen-bond acceptors (Lipinski definition) is 6. The molecule has 0 amide bonds. The molecule has 0 spiro atoms. The number of hydrogen-bond donors (Lipinski definition) is 1. The molecule has 0 aliphatic heterocycles. The molecule has 1 aliphatic rings. The van der Waals surface area contributed by atoms with E-state index in [1.165, 1.54) is 6.20 Å². The number of para-hydroxylation sites is 1. The van der Waals surface area contributed by atoms with Gasteiger partial charge < -0.3 is 4.98 Å². The first-order chi connectivity index (χ1) is 11.4. The Morgan fingerprint density at radius 2 is 1.71 bits per heavy atom. The summed E-state index contributed by atoms with van der Waals surface area (Å²) < 4.78 is 0. The van der Waals surface area contributed by atoms with Crippen LogP contribution in [0.4, 0.5) is 0 Å². The fraction of sp³-hybridized carbons (Fsp3) is 0.143. The molecule has 1 aromatic carbocycles. The highest BCUT2D eigenvalue weighted by molar-refractivity contribution is 5.84. The summed E-state index contributed by atoms with van der Waals surface area (Å²) in [5, 5.41) is 34.3. The fourth-order valence-corrected chi connectivity index (χ4v) is 2.89. The minimum atomic E-state index is -1.60.